The number of nitrogens with zero attached hydrogens (tertiary/aromatic N) is 6. The molecule has 0 bridgehead atoms. The first-order valence-electron chi connectivity index (χ1n) is 13.1. The number of aromatic nitrogens is 2. The fraction of sp³-hybridized carbons (Fsp3) is 0.500. The van der Waals surface area contributed by atoms with Gasteiger partial charge in [0.25, 0.3) is 5.91 Å². The quantitative estimate of drug-likeness (QED) is 0.446. The zero-order chi connectivity index (χ0) is 29.1. The van der Waals surface area contributed by atoms with Gasteiger partial charge in [0, 0.05) is 49.1 Å². The second-order valence-corrected chi connectivity index (χ2v) is 10.5. The largest absolute Gasteiger partial charge is 0.493 e. The maximum atomic E-state index is 12.6. The van der Waals surface area contributed by atoms with Gasteiger partial charge in [0.1, 0.15) is 6.54 Å². The van der Waals surface area contributed by atoms with Crippen molar-refractivity contribution in [2.45, 2.75) is 43.6 Å². The summed E-state index contributed by atoms with van der Waals surface area (Å²) in [5.74, 6) is -2.68. The summed E-state index contributed by atoms with van der Waals surface area (Å²) in [6, 6.07) is 8.38. The topological polar surface area (TPSA) is 108 Å². The van der Waals surface area contributed by atoms with Crippen molar-refractivity contribution >= 4 is 35.5 Å². The van der Waals surface area contributed by atoms with Crippen molar-refractivity contribution in [3.05, 3.63) is 53.3 Å². The van der Waals surface area contributed by atoms with Crippen LogP contribution in [-0.4, -0.2) is 106 Å². The molecule has 15 heteroatoms. The monoisotopic (exact) mass is 596 g/mol. The summed E-state index contributed by atoms with van der Waals surface area (Å²) in [7, 11) is 0. The van der Waals surface area contributed by atoms with Gasteiger partial charge in [-0.2, -0.15) is 13.2 Å². The van der Waals surface area contributed by atoms with Crippen LogP contribution >= 0.6 is 11.6 Å². The van der Waals surface area contributed by atoms with E-state index in [1.807, 2.05) is 24.3 Å². The molecule has 1 aromatic carbocycles. The Balaban J connectivity index is 1.26. The summed E-state index contributed by atoms with van der Waals surface area (Å²) in [5.41, 5.74) is 1.08. The average Bonchev–Trinajstić information content (AvgIpc) is 3.22. The molecule has 41 heavy (non-hydrogen) atoms. The summed E-state index contributed by atoms with van der Waals surface area (Å²) in [6.45, 7) is 1.22. The Kier molecular flexibility index (Phi) is 8.61. The van der Waals surface area contributed by atoms with Crippen molar-refractivity contribution in [3.8, 4) is 0 Å². The standard InChI is InChI=1S/C26H28ClF3N6O5/c27-18-4-2-17(3-5-18)12-20-16-40-21(14-35-22(37)15-36(25(35)39)41-23(38)26(28,29)30)13-34(20)19-6-10-33(11-7-19)24-31-8-1-9-32-24/h1-5,8-9,19-21H,6-7,10-16H2/t20-,21+/m0/s1. The van der Waals surface area contributed by atoms with E-state index in [9.17, 15) is 27.6 Å². The number of piperidine rings is 1. The van der Waals surface area contributed by atoms with Gasteiger partial charge in [0.15, 0.2) is 0 Å². The fourth-order valence-electron chi connectivity index (χ4n) is 5.38. The van der Waals surface area contributed by atoms with Gasteiger partial charge in [-0.15, -0.1) is 5.06 Å². The Bertz CT molecular complexity index is 1250. The first kappa shape index (κ1) is 29.0. The minimum Gasteiger partial charge on any atom is -0.373 e. The third kappa shape index (κ3) is 6.88. The summed E-state index contributed by atoms with van der Waals surface area (Å²) < 4.78 is 43.9. The van der Waals surface area contributed by atoms with Crippen molar-refractivity contribution < 1.29 is 37.1 Å². The second-order valence-electron chi connectivity index (χ2n) is 10.1. The Labute approximate surface area is 238 Å². The minimum absolute atomic E-state index is 0.00571. The number of hydroxylamine groups is 2. The number of hydrogen-bond acceptors (Lipinski definition) is 9. The van der Waals surface area contributed by atoms with Gasteiger partial charge in [-0.1, -0.05) is 23.7 Å². The molecule has 0 saturated carbocycles. The van der Waals surface area contributed by atoms with E-state index in [-0.39, 0.29) is 23.7 Å². The minimum atomic E-state index is -5.30. The Morgan fingerprint density at radius 3 is 2.44 bits per heavy atom. The van der Waals surface area contributed by atoms with Crippen LogP contribution in [0.3, 0.4) is 0 Å². The van der Waals surface area contributed by atoms with Crippen LogP contribution in [0.2, 0.25) is 5.02 Å². The van der Waals surface area contributed by atoms with Crippen molar-refractivity contribution in [2.24, 2.45) is 0 Å². The highest BCUT2D eigenvalue weighted by molar-refractivity contribution is 6.30. The van der Waals surface area contributed by atoms with Gasteiger partial charge < -0.3 is 14.5 Å². The lowest BCUT2D eigenvalue weighted by atomic mass is 9.96. The number of anilines is 1. The van der Waals surface area contributed by atoms with Crippen molar-refractivity contribution in [1.29, 1.82) is 0 Å². The van der Waals surface area contributed by atoms with E-state index in [0.717, 1.165) is 36.4 Å². The predicted molar refractivity (Wildman–Crippen MR) is 139 cm³/mol. The van der Waals surface area contributed by atoms with Gasteiger partial charge >= 0.3 is 18.2 Å². The zero-order valence-electron chi connectivity index (χ0n) is 21.9. The molecule has 11 nitrogen and oxygen atoms in total. The first-order chi connectivity index (χ1) is 19.6. The molecule has 2 atom stereocenters. The van der Waals surface area contributed by atoms with E-state index in [4.69, 9.17) is 16.3 Å². The molecule has 0 aliphatic carbocycles. The number of alkyl halides is 3. The number of urea groups is 1. The molecular formula is C26H28ClF3N6O5. The lowest BCUT2D eigenvalue weighted by Crippen LogP contribution is -2.59. The molecule has 3 amide bonds. The number of amides is 3. The molecule has 5 rings (SSSR count). The van der Waals surface area contributed by atoms with Gasteiger partial charge in [-0.05, 0) is 43.0 Å². The number of imide groups is 1. The number of benzene rings is 1. The predicted octanol–water partition coefficient (Wildman–Crippen LogP) is 2.70. The molecule has 4 heterocycles. The fourth-order valence-corrected chi connectivity index (χ4v) is 5.51. The zero-order valence-corrected chi connectivity index (χ0v) is 22.6. The highest BCUT2D eigenvalue weighted by atomic mass is 35.5. The molecular weight excluding hydrogens is 569 g/mol. The number of carbonyl (C=O) groups excluding carboxylic acids is 3. The maximum Gasteiger partial charge on any atom is 0.493 e. The van der Waals surface area contributed by atoms with Crippen LogP contribution in [0.5, 0.6) is 0 Å². The SMILES string of the molecule is O=C1CN(OC(=O)C(F)(F)F)C(=O)N1C[C@H]1CN(C2CCN(c3ncccn3)CC2)[C@@H](Cc2ccc(Cl)cc2)CO1. The van der Waals surface area contributed by atoms with E-state index >= 15 is 0 Å². The lowest BCUT2D eigenvalue weighted by Gasteiger charge is -2.47. The highest BCUT2D eigenvalue weighted by Crippen LogP contribution is 2.28. The van der Waals surface area contributed by atoms with E-state index in [2.05, 4.69) is 24.6 Å². The van der Waals surface area contributed by atoms with Crippen LogP contribution < -0.4 is 4.90 Å². The number of carbonyl (C=O) groups is 3. The number of rotatable bonds is 7. The van der Waals surface area contributed by atoms with E-state index < -0.39 is 36.7 Å². The van der Waals surface area contributed by atoms with Gasteiger partial charge in [-0.3, -0.25) is 14.6 Å². The maximum absolute atomic E-state index is 12.6. The van der Waals surface area contributed by atoms with Crippen molar-refractivity contribution in [3.63, 3.8) is 0 Å². The van der Waals surface area contributed by atoms with Crippen LogP contribution in [0.15, 0.2) is 42.7 Å². The van der Waals surface area contributed by atoms with Crippen molar-refractivity contribution in [2.75, 3.05) is 44.2 Å². The lowest BCUT2D eigenvalue weighted by molar-refractivity contribution is -0.226. The van der Waals surface area contributed by atoms with Gasteiger partial charge in [-0.25, -0.2) is 19.6 Å². The molecule has 2 aromatic rings. The van der Waals surface area contributed by atoms with Crippen molar-refractivity contribution in [1.82, 2.24) is 24.8 Å². The number of halogens is 4. The normalized spacial score (nSPS) is 22.9. The average molecular weight is 597 g/mol. The van der Waals surface area contributed by atoms with Gasteiger partial charge in [0.2, 0.25) is 5.95 Å². The molecule has 3 saturated heterocycles. The molecule has 0 N–H and O–H groups in total. The number of ether oxygens (including phenoxy) is 1. The van der Waals surface area contributed by atoms with E-state index in [1.54, 1.807) is 18.5 Å². The molecule has 0 unspecified atom stereocenters. The third-order valence-corrected chi connectivity index (χ3v) is 7.65. The summed E-state index contributed by atoms with van der Waals surface area (Å²) >= 11 is 6.06. The molecule has 0 radical (unpaired) electrons. The van der Waals surface area contributed by atoms with Crippen LogP contribution in [0.25, 0.3) is 0 Å². The molecule has 0 spiro atoms. The van der Waals surface area contributed by atoms with E-state index in [0.29, 0.717) is 30.5 Å². The molecule has 3 aliphatic rings. The second kappa shape index (κ2) is 12.2. The van der Waals surface area contributed by atoms with Crippen LogP contribution in [-0.2, 0) is 25.6 Å². The summed E-state index contributed by atoms with van der Waals surface area (Å²) in [4.78, 5) is 54.3. The van der Waals surface area contributed by atoms with Gasteiger partial charge in [0.05, 0.1) is 19.3 Å². The van der Waals surface area contributed by atoms with Crippen LogP contribution in [0, 0.1) is 0 Å². The number of morpholine rings is 1. The Morgan fingerprint density at radius 2 is 1.78 bits per heavy atom. The molecule has 1 aromatic heterocycles. The molecule has 3 fully saturated rings. The van der Waals surface area contributed by atoms with E-state index in [1.165, 1.54) is 0 Å². The Hall–Kier alpha value is -3.49. The summed E-state index contributed by atoms with van der Waals surface area (Å²) in [5, 5.41) is 0.764. The molecule has 3 aliphatic heterocycles. The third-order valence-electron chi connectivity index (χ3n) is 7.40. The number of hydrogen-bond donors (Lipinski definition) is 0. The first-order valence-corrected chi connectivity index (χ1v) is 13.5. The molecule has 220 valence electrons. The van der Waals surface area contributed by atoms with Crippen LogP contribution in [0.1, 0.15) is 18.4 Å². The summed E-state index contributed by atoms with van der Waals surface area (Å²) in [6.07, 6.45) is -0.141. The Morgan fingerprint density at radius 1 is 1.10 bits per heavy atom. The smallest absolute Gasteiger partial charge is 0.373 e. The highest BCUT2D eigenvalue weighted by Gasteiger charge is 2.48. The van der Waals surface area contributed by atoms with Crippen LogP contribution in [0.4, 0.5) is 23.9 Å².